The molecule has 0 saturated carbocycles. The van der Waals surface area contributed by atoms with Crippen molar-refractivity contribution in [3.63, 3.8) is 0 Å². The van der Waals surface area contributed by atoms with Crippen molar-refractivity contribution >= 4 is 5.91 Å². The van der Waals surface area contributed by atoms with Crippen molar-refractivity contribution in [1.82, 2.24) is 5.32 Å². The first-order valence-electron chi connectivity index (χ1n) is 37.7. The second kappa shape index (κ2) is 59.8. The van der Waals surface area contributed by atoms with Crippen molar-refractivity contribution < 1.29 is 89.4 Å². The predicted octanol–water partition coefficient (Wildman–Crippen LogP) is 11.7. The van der Waals surface area contributed by atoms with Gasteiger partial charge in [0.2, 0.25) is 5.91 Å². The summed E-state index contributed by atoms with van der Waals surface area (Å²) in [7, 11) is 0. The first-order chi connectivity index (χ1) is 48.8. The molecule has 12 N–H and O–H groups in total. The summed E-state index contributed by atoms with van der Waals surface area (Å²) in [5.74, 6) is -0.321. The first kappa shape index (κ1) is 89.6. The third-order valence-corrected chi connectivity index (χ3v) is 17.5. The summed E-state index contributed by atoms with van der Waals surface area (Å²) in [6, 6.07) is -1.02. The van der Waals surface area contributed by atoms with E-state index < -0.39 is 131 Å². The number of amides is 1. The highest BCUT2D eigenvalue weighted by Crippen LogP contribution is 2.33. The number of nitrogens with one attached hydrogen (secondary N) is 1. The van der Waals surface area contributed by atoms with Gasteiger partial charge >= 0.3 is 0 Å². The summed E-state index contributed by atoms with van der Waals surface area (Å²) in [4.78, 5) is 13.4. The quantitative estimate of drug-likeness (QED) is 0.0199. The van der Waals surface area contributed by atoms with Gasteiger partial charge in [0.15, 0.2) is 18.9 Å². The molecule has 3 rings (SSSR count). The Bertz CT molecular complexity index is 2430. The molecule has 3 aliphatic heterocycles. The maximum Gasteiger partial charge on any atom is 0.220 e. The minimum absolute atomic E-state index is 0.191. The van der Waals surface area contributed by atoms with E-state index in [9.17, 15) is 61.0 Å². The van der Waals surface area contributed by atoms with E-state index in [2.05, 4.69) is 165 Å². The van der Waals surface area contributed by atoms with Crippen molar-refractivity contribution in [3.05, 3.63) is 158 Å². The van der Waals surface area contributed by atoms with Crippen LogP contribution in [-0.2, 0) is 33.2 Å². The smallest absolute Gasteiger partial charge is 0.220 e. The van der Waals surface area contributed by atoms with Gasteiger partial charge in [0.1, 0.15) is 73.2 Å². The zero-order valence-corrected chi connectivity index (χ0v) is 60.4. The fraction of sp³-hybridized carbons (Fsp3) is 0.667. The van der Waals surface area contributed by atoms with Crippen LogP contribution in [0.3, 0.4) is 0 Å². The van der Waals surface area contributed by atoms with E-state index in [4.69, 9.17) is 28.4 Å². The lowest BCUT2D eigenvalue weighted by Gasteiger charge is -2.48. The lowest BCUT2D eigenvalue weighted by Crippen LogP contribution is -2.66. The van der Waals surface area contributed by atoms with Gasteiger partial charge < -0.3 is 89.9 Å². The minimum Gasteiger partial charge on any atom is -0.394 e. The third kappa shape index (κ3) is 39.9. The number of aliphatic hydroxyl groups excluding tert-OH is 11. The van der Waals surface area contributed by atoms with Gasteiger partial charge in [-0.1, -0.05) is 242 Å². The number of carbonyl (C=O) groups is 1. The lowest BCUT2D eigenvalue weighted by atomic mass is 9.96. The monoisotopic (exact) mass is 1410 g/mol. The second-order valence-corrected chi connectivity index (χ2v) is 26.0. The summed E-state index contributed by atoms with van der Waals surface area (Å²) >= 11 is 0. The molecule has 0 aromatic carbocycles. The number of allylic oxidation sites excluding steroid dienone is 25. The molecule has 19 heteroatoms. The van der Waals surface area contributed by atoms with Crippen molar-refractivity contribution in [2.75, 3.05) is 26.4 Å². The molecule has 1 amide bonds. The normalized spacial score (nSPS) is 27.4. The fourth-order valence-electron chi connectivity index (χ4n) is 11.5. The van der Waals surface area contributed by atoms with Crippen LogP contribution in [0.1, 0.15) is 213 Å². The zero-order chi connectivity index (χ0) is 72.5. The van der Waals surface area contributed by atoms with E-state index in [-0.39, 0.29) is 12.3 Å². The molecule has 3 saturated heterocycles. The van der Waals surface area contributed by atoms with Gasteiger partial charge in [-0.15, -0.1) is 0 Å². The van der Waals surface area contributed by atoms with Gasteiger partial charge in [-0.25, -0.2) is 0 Å². The van der Waals surface area contributed by atoms with Crippen molar-refractivity contribution in [2.24, 2.45) is 0 Å². The summed E-state index contributed by atoms with van der Waals surface area (Å²) in [5, 5.41) is 121. The first-order valence-corrected chi connectivity index (χ1v) is 37.7. The fourth-order valence-corrected chi connectivity index (χ4v) is 11.5. The Morgan fingerprint density at radius 2 is 0.700 bits per heavy atom. The van der Waals surface area contributed by atoms with E-state index in [1.54, 1.807) is 6.08 Å². The molecule has 3 heterocycles. The minimum atomic E-state index is -1.99. The van der Waals surface area contributed by atoms with Crippen LogP contribution in [0.4, 0.5) is 0 Å². The molecule has 0 aromatic rings. The lowest BCUT2D eigenvalue weighted by molar-refractivity contribution is -0.379. The number of hydrogen-bond donors (Lipinski definition) is 12. The molecule has 19 nitrogen and oxygen atoms in total. The van der Waals surface area contributed by atoms with Crippen LogP contribution in [-0.4, -0.2) is 193 Å². The highest BCUT2D eigenvalue weighted by Gasteiger charge is 2.53. The topological polar surface area (TPSA) is 307 Å². The molecule has 3 fully saturated rings. The van der Waals surface area contributed by atoms with Crippen LogP contribution in [0, 0.1) is 0 Å². The SMILES string of the molecule is CC/C=C\C/C=C\C/C=C\C/C=C\C/C=C\C/C=C\C/C=C\C/C=C\C/C=C\C/C=C\CCCCCCC(=O)NC(COC1OC(CO)C(OC2OC(CO)C(OC3OC(CO)C(O)C(O)C3O)C(O)C2O)C(O)C1O)C(O)/C=C/CC/C=C/CC/C=C/CCCCCCCCCCCC. The van der Waals surface area contributed by atoms with Gasteiger partial charge in [-0.3, -0.25) is 4.79 Å². The number of aliphatic hydroxyl groups is 11. The van der Waals surface area contributed by atoms with E-state index in [0.717, 1.165) is 116 Å². The number of carbonyl (C=O) groups excluding carboxylic acids is 1. The molecule has 568 valence electrons. The highest BCUT2D eigenvalue weighted by atomic mass is 16.8. The van der Waals surface area contributed by atoms with Gasteiger partial charge in [-0.05, 0) is 122 Å². The molecule has 3 aliphatic rings. The largest absolute Gasteiger partial charge is 0.394 e. The number of rotatable bonds is 56. The molecule has 0 aromatic heterocycles. The van der Waals surface area contributed by atoms with Crippen molar-refractivity contribution in [2.45, 2.75) is 317 Å². The molecule has 17 unspecified atom stereocenters. The average Bonchev–Trinajstić information content (AvgIpc) is 0.783. The summed E-state index contributed by atoms with van der Waals surface area (Å²) in [6.45, 7) is 1.55. The molecule has 17 atom stereocenters. The standard InChI is InChI=1S/C81H131NO18/c1-3-5-7-9-11-13-15-17-19-21-23-25-26-27-28-29-30-31-32-33-34-35-36-37-38-39-41-43-45-47-49-51-53-55-57-59-69(87)82-64(65(86)58-56-54-52-50-48-46-44-42-40-24-22-20-18-16-14-12-10-8-6-4-2)63-95-79-75(93)72(90)77(67(61-84)97-79)100-81-76(94)73(91)78(68(62-85)98-81)99-80-74(92)71(89)70(88)66(60-83)96-80/h5,7,11,13,17,19,23,25,27-28,30-31,33-34,36-37,39-42,45,47-48,50,56,58,64-68,70-81,83-86,88-94H,3-4,6,8-10,12,14-16,18,20-22,24,26,29,32,35,38,43-44,46,49,51-55,57,59-63H2,1-2H3,(H,82,87)/b7-5-,13-11-,19-17-,25-23-,28-27-,31-30-,34-33-,37-36-,41-39-,42-40+,47-45-,50-48+,58-56+. The van der Waals surface area contributed by atoms with Crippen LogP contribution in [0.2, 0.25) is 0 Å². The van der Waals surface area contributed by atoms with Gasteiger partial charge in [0, 0.05) is 6.42 Å². The van der Waals surface area contributed by atoms with Crippen LogP contribution in [0.5, 0.6) is 0 Å². The Labute approximate surface area is 599 Å². The second-order valence-electron chi connectivity index (χ2n) is 26.0. The summed E-state index contributed by atoms with van der Waals surface area (Å²) in [5.41, 5.74) is 0. The molecule has 0 spiro atoms. The van der Waals surface area contributed by atoms with E-state index in [1.165, 1.54) is 64.2 Å². The summed E-state index contributed by atoms with van der Waals surface area (Å²) in [6.07, 6.45) is 60.7. The Morgan fingerprint density at radius 3 is 1.12 bits per heavy atom. The Hall–Kier alpha value is -4.59. The Kier molecular flexibility index (Phi) is 53.6. The van der Waals surface area contributed by atoms with Gasteiger partial charge in [0.25, 0.3) is 0 Å². The van der Waals surface area contributed by atoms with Gasteiger partial charge in [-0.2, -0.15) is 0 Å². The van der Waals surface area contributed by atoms with E-state index in [0.29, 0.717) is 12.8 Å². The van der Waals surface area contributed by atoms with Crippen LogP contribution in [0.25, 0.3) is 0 Å². The number of unbranched alkanes of at least 4 members (excludes halogenated alkanes) is 16. The van der Waals surface area contributed by atoms with E-state index >= 15 is 0 Å². The molecule has 100 heavy (non-hydrogen) atoms. The van der Waals surface area contributed by atoms with Gasteiger partial charge in [0.05, 0.1) is 38.6 Å². The maximum absolute atomic E-state index is 13.4. The van der Waals surface area contributed by atoms with Crippen LogP contribution >= 0.6 is 0 Å². The molecule has 0 bridgehead atoms. The maximum atomic E-state index is 13.4. The predicted molar refractivity (Wildman–Crippen MR) is 396 cm³/mol. The Balaban J connectivity index is 1.42. The van der Waals surface area contributed by atoms with Crippen molar-refractivity contribution in [1.29, 1.82) is 0 Å². The molecule has 0 aliphatic carbocycles. The highest BCUT2D eigenvalue weighted by molar-refractivity contribution is 5.76. The Morgan fingerprint density at radius 1 is 0.370 bits per heavy atom. The van der Waals surface area contributed by atoms with Crippen LogP contribution < -0.4 is 5.32 Å². The number of hydrogen-bond acceptors (Lipinski definition) is 18. The molecular formula is C81H131NO18. The third-order valence-electron chi connectivity index (χ3n) is 17.5. The molecular weight excluding hydrogens is 1270 g/mol. The zero-order valence-electron chi connectivity index (χ0n) is 60.4. The average molecular weight is 1410 g/mol. The summed E-state index contributed by atoms with van der Waals surface area (Å²) < 4.78 is 34.3. The van der Waals surface area contributed by atoms with Crippen LogP contribution in [0.15, 0.2) is 158 Å². The number of ether oxygens (including phenoxy) is 6. The molecule has 0 radical (unpaired) electrons. The van der Waals surface area contributed by atoms with E-state index in [1.807, 2.05) is 6.08 Å². The van der Waals surface area contributed by atoms with Crippen molar-refractivity contribution in [3.8, 4) is 0 Å².